The summed E-state index contributed by atoms with van der Waals surface area (Å²) in [4.78, 5) is 20.8. The Morgan fingerprint density at radius 2 is 1.88 bits per heavy atom. The molecule has 0 atom stereocenters. The van der Waals surface area contributed by atoms with E-state index in [2.05, 4.69) is 27.2 Å². The van der Waals surface area contributed by atoms with E-state index in [0.717, 1.165) is 6.08 Å². The van der Waals surface area contributed by atoms with Crippen molar-refractivity contribution in [1.29, 1.82) is 0 Å². The maximum atomic E-state index is 13.1. The summed E-state index contributed by atoms with van der Waals surface area (Å²) in [5, 5.41) is 5.23. The predicted molar refractivity (Wildman–Crippen MR) is 123 cm³/mol. The first-order valence-electron chi connectivity index (χ1n) is 9.74. The van der Waals surface area contributed by atoms with Crippen LogP contribution in [-0.2, 0) is 14.6 Å². The highest BCUT2D eigenvalue weighted by Gasteiger charge is 2.55. The number of amides is 2. The fraction of sp³-hybridized carbons (Fsp3) is 0.227. The van der Waals surface area contributed by atoms with Crippen LogP contribution in [0.25, 0.3) is 11.4 Å². The normalized spacial score (nSPS) is 15.7. The molecule has 1 aromatic heterocycles. The van der Waals surface area contributed by atoms with Crippen molar-refractivity contribution in [2.75, 3.05) is 17.3 Å². The van der Waals surface area contributed by atoms with Crippen LogP contribution in [0.3, 0.4) is 0 Å². The predicted octanol–water partition coefficient (Wildman–Crippen LogP) is 3.82. The quantitative estimate of drug-likeness (QED) is 0.543. The van der Waals surface area contributed by atoms with E-state index in [9.17, 15) is 17.6 Å². The highest BCUT2D eigenvalue weighted by Crippen LogP contribution is 2.52. The Morgan fingerprint density at radius 1 is 1.22 bits per heavy atom. The molecule has 2 amide bonds. The van der Waals surface area contributed by atoms with E-state index in [1.54, 1.807) is 31.2 Å². The molecule has 0 radical (unpaired) electrons. The highest BCUT2D eigenvalue weighted by molar-refractivity contribution is 7.91. The Kier molecular flexibility index (Phi) is 6.45. The topological polar surface area (TPSA) is 127 Å². The summed E-state index contributed by atoms with van der Waals surface area (Å²) in [6.45, 7) is 4.92. The van der Waals surface area contributed by atoms with Crippen molar-refractivity contribution in [3.05, 3.63) is 72.4 Å². The molecule has 1 aliphatic carbocycles. The summed E-state index contributed by atoms with van der Waals surface area (Å²) in [7, 11) is -3.33. The number of hydrogen-bond acceptors (Lipinski definition) is 6. The number of aromatic nitrogens is 2. The molecule has 1 heterocycles. The minimum Gasteiger partial charge on any atom is -0.384 e. The van der Waals surface area contributed by atoms with Crippen LogP contribution < -0.4 is 16.4 Å². The number of urea groups is 1. The summed E-state index contributed by atoms with van der Waals surface area (Å²) in [6, 6.07) is 7.70. The minimum atomic E-state index is -3.33. The van der Waals surface area contributed by atoms with Gasteiger partial charge in [0.05, 0.1) is 5.69 Å². The van der Waals surface area contributed by atoms with E-state index >= 15 is 0 Å². The molecule has 3 rings (SSSR count). The van der Waals surface area contributed by atoms with Crippen LogP contribution in [-0.4, -0.2) is 30.7 Å². The zero-order valence-electron chi connectivity index (χ0n) is 17.7. The molecular weight excluding hydrogens is 433 g/mol. The van der Waals surface area contributed by atoms with Crippen LogP contribution in [0.1, 0.15) is 25.5 Å². The molecule has 1 aromatic carbocycles. The molecule has 2 aromatic rings. The third kappa shape index (κ3) is 5.20. The van der Waals surface area contributed by atoms with Crippen molar-refractivity contribution in [1.82, 2.24) is 15.3 Å². The molecule has 0 saturated heterocycles. The average molecular weight is 458 g/mol. The summed E-state index contributed by atoms with van der Waals surface area (Å²) in [6.07, 6.45) is 5.87. The van der Waals surface area contributed by atoms with Gasteiger partial charge in [-0.1, -0.05) is 6.58 Å². The van der Waals surface area contributed by atoms with Gasteiger partial charge in [0.1, 0.15) is 16.4 Å². The molecule has 1 aliphatic rings. The van der Waals surface area contributed by atoms with Gasteiger partial charge in [0, 0.05) is 29.3 Å². The maximum Gasteiger partial charge on any atom is 0.323 e. The third-order valence-electron chi connectivity index (χ3n) is 5.03. The number of benzene rings is 1. The van der Waals surface area contributed by atoms with Crippen LogP contribution in [0.5, 0.6) is 0 Å². The van der Waals surface area contributed by atoms with E-state index in [0.29, 0.717) is 41.3 Å². The Labute approximate surface area is 186 Å². The number of nitrogens with zero attached hydrogens (tertiary/aromatic N) is 2. The fourth-order valence-corrected chi connectivity index (χ4v) is 4.45. The van der Waals surface area contributed by atoms with Gasteiger partial charge in [0.25, 0.3) is 0 Å². The summed E-state index contributed by atoms with van der Waals surface area (Å²) >= 11 is 0. The van der Waals surface area contributed by atoms with Gasteiger partial charge in [-0.3, -0.25) is 0 Å². The van der Waals surface area contributed by atoms with Crippen LogP contribution in [0.15, 0.2) is 66.7 Å². The lowest BCUT2D eigenvalue weighted by Gasteiger charge is -2.14. The van der Waals surface area contributed by atoms with Crippen LogP contribution in [0.2, 0.25) is 0 Å². The third-order valence-corrected chi connectivity index (χ3v) is 7.06. The number of anilines is 2. The van der Waals surface area contributed by atoms with Crippen LogP contribution in [0.4, 0.5) is 20.7 Å². The lowest BCUT2D eigenvalue weighted by atomic mass is 10.1. The van der Waals surface area contributed by atoms with Gasteiger partial charge < -0.3 is 16.4 Å². The minimum absolute atomic E-state index is 0.186. The number of halogens is 1. The maximum absolute atomic E-state index is 13.1. The van der Waals surface area contributed by atoms with Crippen molar-refractivity contribution in [3.63, 3.8) is 0 Å². The Morgan fingerprint density at radius 3 is 2.44 bits per heavy atom. The van der Waals surface area contributed by atoms with Gasteiger partial charge in [-0.05, 0) is 62.3 Å². The van der Waals surface area contributed by atoms with Gasteiger partial charge in [-0.15, -0.1) is 0 Å². The molecule has 0 spiro atoms. The molecule has 4 N–H and O–H groups in total. The number of nitrogen functional groups attached to an aromatic ring is 1. The highest BCUT2D eigenvalue weighted by atomic mass is 32.2. The van der Waals surface area contributed by atoms with E-state index in [4.69, 9.17) is 5.73 Å². The molecule has 8 nitrogen and oxygen atoms in total. The molecule has 1 saturated carbocycles. The zero-order valence-corrected chi connectivity index (χ0v) is 18.5. The second-order valence-electron chi connectivity index (χ2n) is 7.53. The summed E-state index contributed by atoms with van der Waals surface area (Å²) in [5.41, 5.74) is 7.87. The molecule has 0 aliphatic heterocycles. The van der Waals surface area contributed by atoms with E-state index < -0.39 is 26.4 Å². The van der Waals surface area contributed by atoms with Crippen molar-refractivity contribution in [2.24, 2.45) is 0 Å². The molecule has 0 bridgehead atoms. The van der Waals surface area contributed by atoms with Gasteiger partial charge in [0.15, 0.2) is 15.7 Å². The van der Waals surface area contributed by atoms with Crippen molar-refractivity contribution >= 4 is 27.4 Å². The number of hydrogen-bond donors (Lipinski definition) is 3. The summed E-state index contributed by atoms with van der Waals surface area (Å²) in [5.74, 6) is -0.0235. The second-order valence-corrected chi connectivity index (χ2v) is 9.86. The molecule has 1 fully saturated rings. The molecule has 10 heteroatoms. The SMILES string of the molecule is C=C/C(F)=C\C=C(/C)NC(=O)Nc1ccc(-c2nc(N)cc(C3(S(C)(=O)=O)CC3)n2)cc1. The van der Waals surface area contributed by atoms with Gasteiger partial charge >= 0.3 is 6.03 Å². The van der Waals surface area contributed by atoms with Gasteiger partial charge in [-0.2, -0.15) is 0 Å². The van der Waals surface area contributed by atoms with Crippen molar-refractivity contribution in [2.45, 2.75) is 24.5 Å². The Hall–Kier alpha value is -3.53. The monoisotopic (exact) mass is 457 g/mol. The first-order valence-corrected chi connectivity index (χ1v) is 11.6. The molecular formula is C22H24FN5O3S. The average Bonchev–Trinajstić information content (AvgIpc) is 3.54. The van der Waals surface area contributed by atoms with Gasteiger partial charge in [-0.25, -0.2) is 27.6 Å². The van der Waals surface area contributed by atoms with Crippen molar-refractivity contribution in [3.8, 4) is 11.4 Å². The van der Waals surface area contributed by atoms with Crippen LogP contribution in [0, 0.1) is 0 Å². The van der Waals surface area contributed by atoms with E-state index in [1.807, 2.05) is 0 Å². The van der Waals surface area contributed by atoms with E-state index in [-0.39, 0.29) is 5.82 Å². The lowest BCUT2D eigenvalue weighted by Crippen LogP contribution is -2.27. The Balaban J connectivity index is 1.74. The Bertz CT molecular complexity index is 1220. The number of rotatable bonds is 7. The van der Waals surface area contributed by atoms with Crippen molar-refractivity contribution < 1.29 is 17.6 Å². The number of nitrogens with two attached hydrogens (primary N) is 1. The number of carbonyl (C=O) groups excluding carboxylic acids is 1. The molecule has 168 valence electrons. The first-order chi connectivity index (χ1) is 15.0. The number of allylic oxidation sites excluding steroid dienone is 5. The molecule has 32 heavy (non-hydrogen) atoms. The van der Waals surface area contributed by atoms with Crippen LogP contribution >= 0.6 is 0 Å². The number of nitrogens with one attached hydrogen (secondary N) is 2. The van der Waals surface area contributed by atoms with E-state index in [1.165, 1.54) is 24.5 Å². The summed E-state index contributed by atoms with van der Waals surface area (Å²) < 4.78 is 36.5. The fourth-order valence-electron chi connectivity index (χ4n) is 3.12. The standard InChI is InChI=1S/C22H24FN5O3S/c1-4-16(23)8-5-14(2)25-21(29)26-17-9-6-15(7-10-17)20-27-18(13-19(24)28-20)22(11-12-22)32(3,30)31/h4-10,13H,1,11-12H2,2-3H3,(H2,24,27,28)(H2,25,26,29)/b14-5+,16-8+. The molecule has 0 unspecified atom stereocenters. The first kappa shape index (κ1) is 23.1. The number of carbonyl (C=O) groups is 1. The number of sulfone groups is 1. The largest absolute Gasteiger partial charge is 0.384 e. The lowest BCUT2D eigenvalue weighted by molar-refractivity contribution is 0.254. The van der Waals surface area contributed by atoms with Gasteiger partial charge in [0.2, 0.25) is 0 Å². The zero-order chi connectivity index (χ0) is 23.5. The smallest absolute Gasteiger partial charge is 0.323 e. The second kappa shape index (κ2) is 8.91.